The molecule has 4 rings (SSSR count). The van der Waals surface area contributed by atoms with Crippen molar-refractivity contribution >= 4 is 17.6 Å². The topological polar surface area (TPSA) is 48.1 Å². The minimum atomic E-state index is -4.46. The Balaban J connectivity index is 1.82. The van der Waals surface area contributed by atoms with E-state index >= 15 is 0 Å². The monoisotopic (exact) mass is 483 g/mol. The predicted molar refractivity (Wildman–Crippen MR) is 127 cm³/mol. The highest BCUT2D eigenvalue weighted by molar-refractivity contribution is 7.07. The van der Waals surface area contributed by atoms with Crippen LogP contribution in [0.4, 0.5) is 13.2 Å². The van der Waals surface area contributed by atoms with Crippen molar-refractivity contribution in [2.24, 2.45) is 10.2 Å². The lowest BCUT2D eigenvalue weighted by molar-refractivity contribution is -0.137. The molecule has 0 aliphatic carbocycles. The molecule has 1 heterocycles. The van der Waals surface area contributed by atoms with Crippen molar-refractivity contribution in [3.05, 3.63) is 94.1 Å². The van der Waals surface area contributed by atoms with Gasteiger partial charge in [-0.05, 0) is 35.9 Å². The largest absolute Gasteiger partial charge is 0.497 e. The number of methoxy groups -OCH3 is 2. The highest BCUT2D eigenvalue weighted by Gasteiger charge is 2.30. The van der Waals surface area contributed by atoms with Gasteiger partial charge >= 0.3 is 6.18 Å². The lowest BCUT2D eigenvalue weighted by atomic mass is 10.1. The summed E-state index contributed by atoms with van der Waals surface area (Å²) < 4.78 is 52.4. The second-order valence-corrected chi connectivity index (χ2v) is 7.94. The summed E-state index contributed by atoms with van der Waals surface area (Å²) in [7, 11) is 3.10. The van der Waals surface area contributed by atoms with Gasteiger partial charge in [0.2, 0.25) is 4.80 Å². The van der Waals surface area contributed by atoms with Gasteiger partial charge in [0, 0.05) is 22.7 Å². The number of hydrogen-bond acceptors (Lipinski definition) is 5. The van der Waals surface area contributed by atoms with Crippen LogP contribution in [0, 0.1) is 0 Å². The predicted octanol–water partition coefficient (Wildman–Crippen LogP) is 6.18. The number of ether oxygens (including phenoxy) is 2. The molecule has 0 N–H and O–H groups in total. The Labute approximate surface area is 198 Å². The number of halogens is 3. The van der Waals surface area contributed by atoms with Crippen molar-refractivity contribution in [1.29, 1.82) is 0 Å². The van der Waals surface area contributed by atoms with E-state index in [1.54, 1.807) is 35.9 Å². The zero-order valence-corrected chi connectivity index (χ0v) is 19.1. The molecule has 0 spiro atoms. The summed E-state index contributed by atoms with van der Waals surface area (Å²) >= 11 is 1.28. The number of thiazole rings is 1. The Hall–Kier alpha value is -3.85. The van der Waals surface area contributed by atoms with Gasteiger partial charge in [-0.3, -0.25) is 4.57 Å². The molecule has 174 valence electrons. The lowest BCUT2D eigenvalue weighted by Gasteiger charge is -2.12. The smallest absolute Gasteiger partial charge is 0.416 e. The van der Waals surface area contributed by atoms with Crippen molar-refractivity contribution < 1.29 is 22.6 Å². The van der Waals surface area contributed by atoms with E-state index in [2.05, 4.69) is 10.2 Å². The maximum atomic E-state index is 13.4. The van der Waals surface area contributed by atoms with Gasteiger partial charge in [0.25, 0.3) is 0 Å². The number of rotatable bonds is 6. The number of benzene rings is 3. The summed E-state index contributed by atoms with van der Waals surface area (Å²) in [6.45, 7) is 0. The number of alkyl halides is 3. The maximum absolute atomic E-state index is 13.4. The van der Waals surface area contributed by atoms with Gasteiger partial charge in [0.15, 0.2) is 0 Å². The Morgan fingerprint density at radius 3 is 2.41 bits per heavy atom. The van der Waals surface area contributed by atoms with Gasteiger partial charge in [-0.15, -0.1) is 16.4 Å². The standard InChI is InChI=1S/C25H20F3N3O2S/c1-32-21-12-11-18(23(14-21)33-2)15-29-30-24-31(20-10-6-9-19(13-20)25(26,27)28)22(16-34-24)17-7-4-3-5-8-17/h3-16H,1-2H3/b29-15-,30-24-. The van der Waals surface area contributed by atoms with Gasteiger partial charge in [-0.2, -0.15) is 18.3 Å². The minimum absolute atomic E-state index is 0.339. The van der Waals surface area contributed by atoms with Gasteiger partial charge in [0.1, 0.15) is 11.5 Å². The second kappa shape index (κ2) is 9.96. The molecule has 0 radical (unpaired) electrons. The van der Waals surface area contributed by atoms with Crippen LogP contribution in [0.5, 0.6) is 11.5 Å². The van der Waals surface area contributed by atoms with Crippen molar-refractivity contribution in [1.82, 2.24) is 4.57 Å². The van der Waals surface area contributed by atoms with Crippen LogP contribution in [-0.4, -0.2) is 25.0 Å². The van der Waals surface area contributed by atoms with Crippen LogP contribution < -0.4 is 14.3 Å². The minimum Gasteiger partial charge on any atom is -0.497 e. The molecule has 0 amide bonds. The van der Waals surface area contributed by atoms with E-state index in [9.17, 15) is 13.2 Å². The first-order valence-electron chi connectivity index (χ1n) is 10.1. The Morgan fingerprint density at radius 2 is 1.71 bits per heavy atom. The molecule has 0 bridgehead atoms. The van der Waals surface area contributed by atoms with Crippen LogP contribution in [0.3, 0.4) is 0 Å². The molecule has 4 aromatic rings. The molecule has 0 fully saturated rings. The fourth-order valence-corrected chi connectivity index (χ4v) is 4.19. The molecule has 5 nitrogen and oxygen atoms in total. The Kier molecular flexibility index (Phi) is 6.83. The average molecular weight is 484 g/mol. The van der Waals surface area contributed by atoms with Gasteiger partial charge in [0.05, 0.1) is 31.7 Å². The van der Waals surface area contributed by atoms with E-state index < -0.39 is 11.7 Å². The Morgan fingerprint density at radius 1 is 0.912 bits per heavy atom. The second-order valence-electron chi connectivity index (χ2n) is 7.11. The first-order chi connectivity index (χ1) is 16.4. The van der Waals surface area contributed by atoms with E-state index in [4.69, 9.17) is 9.47 Å². The lowest BCUT2D eigenvalue weighted by Crippen LogP contribution is -2.15. The van der Waals surface area contributed by atoms with E-state index in [0.29, 0.717) is 33.2 Å². The summed E-state index contributed by atoms with van der Waals surface area (Å²) in [5.74, 6) is 1.19. The Bertz CT molecular complexity index is 1380. The quantitative estimate of drug-likeness (QED) is 0.243. The molecule has 0 saturated carbocycles. The zero-order chi connectivity index (χ0) is 24.1. The van der Waals surface area contributed by atoms with Crippen LogP contribution >= 0.6 is 11.3 Å². The fourth-order valence-electron chi connectivity index (χ4n) is 3.33. The number of aromatic nitrogens is 1. The summed E-state index contributed by atoms with van der Waals surface area (Å²) in [5.41, 5.74) is 1.84. The molecule has 0 saturated heterocycles. The van der Waals surface area contributed by atoms with Gasteiger partial charge in [-0.25, -0.2) is 0 Å². The van der Waals surface area contributed by atoms with Gasteiger partial charge in [-0.1, -0.05) is 36.4 Å². The molecule has 34 heavy (non-hydrogen) atoms. The van der Waals surface area contributed by atoms with Crippen LogP contribution in [0.15, 0.2) is 88.4 Å². The first-order valence-corrected chi connectivity index (χ1v) is 11.0. The van der Waals surface area contributed by atoms with Crippen molar-refractivity contribution in [2.45, 2.75) is 6.18 Å². The zero-order valence-electron chi connectivity index (χ0n) is 18.3. The van der Waals surface area contributed by atoms with Crippen molar-refractivity contribution in [3.8, 4) is 28.4 Å². The van der Waals surface area contributed by atoms with E-state index in [1.807, 2.05) is 35.7 Å². The highest BCUT2D eigenvalue weighted by Crippen LogP contribution is 2.31. The van der Waals surface area contributed by atoms with Crippen LogP contribution in [0.1, 0.15) is 11.1 Å². The van der Waals surface area contributed by atoms with Crippen LogP contribution in [0.25, 0.3) is 16.9 Å². The van der Waals surface area contributed by atoms with Crippen molar-refractivity contribution in [3.63, 3.8) is 0 Å². The van der Waals surface area contributed by atoms with E-state index in [-0.39, 0.29) is 0 Å². The first kappa shape index (κ1) is 23.3. The SMILES string of the molecule is COc1ccc(/C=N\N=c2/scc(-c3ccccc3)n2-c2cccc(C(F)(F)F)c2)c(OC)c1. The highest BCUT2D eigenvalue weighted by atomic mass is 32.1. The van der Waals surface area contributed by atoms with Crippen LogP contribution in [-0.2, 0) is 6.18 Å². The van der Waals surface area contributed by atoms with E-state index in [0.717, 1.165) is 17.7 Å². The molecule has 0 unspecified atom stereocenters. The fraction of sp³-hybridized carbons (Fsp3) is 0.120. The summed E-state index contributed by atoms with van der Waals surface area (Å²) in [6, 6.07) is 19.8. The van der Waals surface area contributed by atoms with Gasteiger partial charge < -0.3 is 9.47 Å². The van der Waals surface area contributed by atoms with E-state index in [1.165, 1.54) is 30.7 Å². The summed E-state index contributed by atoms with van der Waals surface area (Å²) in [5, 5.41) is 10.3. The number of nitrogens with zero attached hydrogens (tertiary/aromatic N) is 3. The van der Waals surface area contributed by atoms with Crippen molar-refractivity contribution in [2.75, 3.05) is 14.2 Å². The molecule has 1 aromatic heterocycles. The summed E-state index contributed by atoms with van der Waals surface area (Å²) in [6.07, 6.45) is -2.93. The third-order valence-electron chi connectivity index (χ3n) is 4.99. The summed E-state index contributed by atoms with van der Waals surface area (Å²) in [4.78, 5) is 0.418. The molecule has 9 heteroatoms. The third-order valence-corrected chi connectivity index (χ3v) is 5.81. The molecule has 0 aliphatic heterocycles. The average Bonchev–Trinajstić information content (AvgIpc) is 3.28. The molecule has 0 atom stereocenters. The number of hydrogen-bond donors (Lipinski definition) is 0. The normalized spacial score (nSPS) is 12.3. The molecule has 0 aliphatic rings. The molecular weight excluding hydrogens is 463 g/mol. The van der Waals surface area contributed by atoms with Crippen LogP contribution in [0.2, 0.25) is 0 Å². The molecule has 3 aromatic carbocycles. The maximum Gasteiger partial charge on any atom is 0.416 e. The third kappa shape index (κ3) is 5.04. The molecular formula is C25H20F3N3O2S.